The number of hydrogen-bond donors (Lipinski definition) is 2. The molecule has 0 aliphatic heterocycles. The summed E-state index contributed by atoms with van der Waals surface area (Å²) in [6.07, 6.45) is 8.06. The summed E-state index contributed by atoms with van der Waals surface area (Å²) in [4.78, 5) is 36.9. The SMILES string of the molecule is CCC(=O)CCCCCC(C(=O)NCc1nccs1)c1ncc(-c2ccc3ccccc3c2)[nH]1. The van der Waals surface area contributed by atoms with Crippen LogP contribution in [0.15, 0.2) is 60.2 Å². The Hall–Kier alpha value is -3.32. The normalized spacial score (nSPS) is 12.0. The van der Waals surface area contributed by atoms with E-state index < -0.39 is 0 Å². The molecule has 2 heterocycles. The van der Waals surface area contributed by atoms with Gasteiger partial charge in [0.1, 0.15) is 16.6 Å². The number of hydrogen-bond acceptors (Lipinski definition) is 5. The first-order valence-corrected chi connectivity index (χ1v) is 12.7. The Labute approximate surface area is 203 Å². The Morgan fingerprint density at radius 1 is 1.06 bits per heavy atom. The zero-order chi connectivity index (χ0) is 23.8. The number of aromatic nitrogens is 3. The molecule has 7 heteroatoms. The van der Waals surface area contributed by atoms with Crippen molar-refractivity contribution in [3.05, 3.63) is 71.1 Å². The van der Waals surface area contributed by atoms with Crippen LogP contribution in [0.5, 0.6) is 0 Å². The number of carbonyl (C=O) groups excluding carboxylic acids is 2. The standard InChI is InChI=1S/C27H30N4O2S/c1-2-22(32)10-4-3-5-11-23(27(33)30-18-25-28-14-15-34-25)26-29-17-24(31-26)21-13-12-19-8-6-7-9-20(19)16-21/h6-9,12-17,23H,2-5,10-11,18H2,1H3,(H,29,31)(H,30,33). The molecule has 0 saturated heterocycles. The molecule has 0 aliphatic rings. The quantitative estimate of drug-likeness (QED) is 0.246. The van der Waals surface area contributed by atoms with Crippen molar-refractivity contribution < 1.29 is 9.59 Å². The number of amides is 1. The smallest absolute Gasteiger partial charge is 0.231 e. The molecule has 34 heavy (non-hydrogen) atoms. The van der Waals surface area contributed by atoms with Gasteiger partial charge in [0.15, 0.2) is 0 Å². The van der Waals surface area contributed by atoms with Crippen molar-refractivity contribution >= 4 is 33.8 Å². The maximum absolute atomic E-state index is 13.1. The fourth-order valence-electron chi connectivity index (χ4n) is 4.06. The van der Waals surface area contributed by atoms with Crippen LogP contribution in [0.2, 0.25) is 0 Å². The number of ketones is 1. The average molecular weight is 475 g/mol. The van der Waals surface area contributed by atoms with Crippen LogP contribution in [0, 0.1) is 0 Å². The lowest BCUT2D eigenvalue weighted by molar-refractivity contribution is -0.123. The van der Waals surface area contributed by atoms with Gasteiger partial charge in [0.05, 0.1) is 24.4 Å². The first-order valence-electron chi connectivity index (χ1n) is 11.9. The molecule has 1 amide bonds. The Kier molecular flexibility index (Phi) is 8.20. The molecule has 1 atom stereocenters. The van der Waals surface area contributed by atoms with Gasteiger partial charge in [0, 0.05) is 30.0 Å². The summed E-state index contributed by atoms with van der Waals surface area (Å²) < 4.78 is 0. The van der Waals surface area contributed by atoms with Crippen molar-refractivity contribution in [2.75, 3.05) is 0 Å². The molecule has 6 nitrogen and oxygen atoms in total. The van der Waals surface area contributed by atoms with Gasteiger partial charge in [-0.2, -0.15) is 0 Å². The first-order chi connectivity index (χ1) is 16.6. The lowest BCUT2D eigenvalue weighted by Crippen LogP contribution is -2.29. The monoisotopic (exact) mass is 474 g/mol. The van der Waals surface area contributed by atoms with E-state index in [9.17, 15) is 9.59 Å². The molecule has 176 valence electrons. The molecule has 0 spiro atoms. The van der Waals surface area contributed by atoms with Gasteiger partial charge in [-0.1, -0.05) is 56.2 Å². The van der Waals surface area contributed by atoms with Gasteiger partial charge in [-0.05, 0) is 29.7 Å². The fraction of sp³-hybridized carbons (Fsp3) is 0.333. The van der Waals surface area contributed by atoms with E-state index in [2.05, 4.69) is 50.6 Å². The van der Waals surface area contributed by atoms with Crippen LogP contribution in [0.25, 0.3) is 22.0 Å². The Morgan fingerprint density at radius 2 is 1.91 bits per heavy atom. The second-order valence-electron chi connectivity index (χ2n) is 8.43. The van der Waals surface area contributed by atoms with Crippen molar-refractivity contribution in [1.82, 2.24) is 20.3 Å². The summed E-state index contributed by atoms with van der Waals surface area (Å²) in [6.45, 7) is 2.31. The van der Waals surface area contributed by atoms with Crippen molar-refractivity contribution in [3.8, 4) is 11.3 Å². The topological polar surface area (TPSA) is 87.7 Å². The highest BCUT2D eigenvalue weighted by atomic mass is 32.1. The first kappa shape index (κ1) is 23.8. The minimum atomic E-state index is -0.379. The molecule has 2 aromatic heterocycles. The summed E-state index contributed by atoms with van der Waals surface area (Å²) in [5.41, 5.74) is 1.93. The predicted molar refractivity (Wildman–Crippen MR) is 137 cm³/mol. The molecular weight excluding hydrogens is 444 g/mol. The number of H-pyrrole nitrogens is 1. The van der Waals surface area contributed by atoms with E-state index in [1.165, 1.54) is 16.7 Å². The molecule has 4 rings (SSSR count). The van der Waals surface area contributed by atoms with E-state index in [0.717, 1.165) is 40.9 Å². The van der Waals surface area contributed by atoms with Gasteiger partial charge in [0.2, 0.25) is 5.91 Å². The number of benzene rings is 2. The molecule has 1 unspecified atom stereocenters. The summed E-state index contributed by atoms with van der Waals surface area (Å²) in [5.74, 6) is 0.531. The minimum absolute atomic E-state index is 0.0563. The Morgan fingerprint density at radius 3 is 2.71 bits per heavy atom. The lowest BCUT2D eigenvalue weighted by Gasteiger charge is -2.14. The lowest BCUT2D eigenvalue weighted by atomic mass is 9.98. The Balaban J connectivity index is 1.47. The van der Waals surface area contributed by atoms with E-state index in [1.807, 2.05) is 24.4 Å². The number of rotatable bonds is 12. The number of thiazole rings is 1. The Bertz CT molecular complexity index is 1230. The molecule has 0 saturated carbocycles. The van der Waals surface area contributed by atoms with Crippen LogP contribution in [-0.2, 0) is 16.1 Å². The van der Waals surface area contributed by atoms with Crippen LogP contribution >= 0.6 is 11.3 Å². The predicted octanol–water partition coefficient (Wildman–Crippen LogP) is 6.02. The van der Waals surface area contributed by atoms with Crippen molar-refractivity contribution in [2.45, 2.75) is 57.9 Å². The van der Waals surface area contributed by atoms with Gasteiger partial charge in [-0.3, -0.25) is 9.59 Å². The van der Waals surface area contributed by atoms with E-state index in [4.69, 9.17) is 0 Å². The second-order valence-corrected chi connectivity index (χ2v) is 9.41. The summed E-state index contributed by atoms with van der Waals surface area (Å²) in [6, 6.07) is 14.5. The van der Waals surface area contributed by atoms with Gasteiger partial charge in [0.25, 0.3) is 0 Å². The number of fused-ring (bicyclic) bond motifs is 1. The van der Waals surface area contributed by atoms with E-state index >= 15 is 0 Å². The highest BCUT2D eigenvalue weighted by molar-refractivity contribution is 7.09. The van der Waals surface area contributed by atoms with E-state index in [1.54, 1.807) is 12.4 Å². The number of nitrogens with one attached hydrogen (secondary N) is 2. The number of nitrogens with zero attached hydrogens (tertiary/aromatic N) is 2. The highest BCUT2D eigenvalue weighted by Gasteiger charge is 2.24. The third-order valence-corrected chi connectivity index (χ3v) is 6.82. The zero-order valence-corrected chi connectivity index (χ0v) is 20.2. The molecule has 0 bridgehead atoms. The molecule has 4 aromatic rings. The average Bonchev–Trinajstić information content (AvgIpc) is 3.57. The molecule has 2 aromatic carbocycles. The number of Topliss-reactive ketones (excluding diaryl/α,β-unsaturated/α-hetero) is 1. The minimum Gasteiger partial charge on any atom is -0.349 e. The molecular formula is C27H30N4O2S. The maximum atomic E-state index is 13.1. The van der Waals surface area contributed by atoms with E-state index in [-0.39, 0.29) is 11.8 Å². The third kappa shape index (κ3) is 6.17. The summed E-state index contributed by atoms with van der Waals surface area (Å²) in [7, 11) is 0. The van der Waals surface area contributed by atoms with Crippen LogP contribution in [0.4, 0.5) is 0 Å². The van der Waals surface area contributed by atoms with Gasteiger partial charge in [-0.15, -0.1) is 11.3 Å². The van der Waals surface area contributed by atoms with Gasteiger partial charge in [-0.25, -0.2) is 9.97 Å². The van der Waals surface area contributed by atoms with Crippen molar-refractivity contribution in [3.63, 3.8) is 0 Å². The van der Waals surface area contributed by atoms with Crippen LogP contribution in [-0.4, -0.2) is 26.6 Å². The van der Waals surface area contributed by atoms with Gasteiger partial charge >= 0.3 is 0 Å². The van der Waals surface area contributed by atoms with E-state index in [0.29, 0.717) is 37.4 Å². The maximum Gasteiger partial charge on any atom is 0.231 e. The molecule has 0 radical (unpaired) electrons. The largest absolute Gasteiger partial charge is 0.349 e. The number of imidazole rings is 1. The number of carbonyl (C=O) groups is 2. The molecule has 2 N–H and O–H groups in total. The highest BCUT2D eigenvalue weighted by Crippen LogP contribution is 2.27. The summed E-state index contributed by atoms with van der Waals surface area (Å²) >= 11 is 1.52. The summed E-state index contributed by atoms with van der Waals surface area (Å²) in [5, 5.41) is 8.15. The molecule has 0 fully saturated rings. The van der Waals surface area contributed by atoms with Crippen molar-refractivity contribution in [2.24, 2.45) is 0 Å². The van der Waals surface area contributed by atoms with Crippen LogP contribution in [0.1, 0.15) is 62.2 Å². The fourth-order valence-corrected chi connectivity index (χ4v) is 4.62. The van der Waals surface area contributed by atoms with Crippen LogP contribution < -0.4 is 5.32 Å². The van der Waals surface area contributed by atoms with Crippen LogP contribution in [0.3, 0.4) is 0 Å². The zero-order valence-electron chi connectivity index (χ0n) is 19.4. The van der Waals surface area contributed by atoms with Crippen molar-refractivity contribution in [1.29, 1.82) is 0 Å². The third-order valence-electron chi connectivity index (χ3n) is 6.04. The van der Waals surface area contributed by atoms with Gasteiger partial charge < -0.3 is 10.3 Å². The molecule has 0 aliphatic carbocycles. The number of aromatic amines is 1. The number of unbranched alkanes of at least 4 members (excludes halogenated alkanes) is 2. The second kappa shape index (κ2) is 11.7.